The molecule has 0 aromatic rings. The molecule has 0 aromatic carbocycles. The van der Waals surface area contributed by atoms with Crippen molar-refractivity contribution < 1.29 is 56.4 Å². The predicted molar refractivity (Wildman–Crippen MR) is 67.9 cm³/mol. The minimum absolute atomic E-state index is 0.0289. The molecule has 128 valence electrons. The average molecular weight is 368 g/mol. The van der Waals surface area contributed by atoms with Gasteiger partial charge in [0, 0.05) is 6.61 Å². The molecule has 1 atom stereocenters. The summed E-state index contributed by atoms with van der Waals surface area (Å²) in [4.78, 5) is 78.1. The van der Waals surface area contributed by atoms with Gasteiger partial charge in [-0.05, 0) is 19.3 Å². The van der Waals surface area contributed by atoms with Crippen LogP contribution >= 0.6 is 0 Å². The highest BCUT2D eigenvalue weighted by Gasteiger charge is 2.37. The Hall–Kier alpha value is 0.171. The summed E-state index contributed by atoms with van der Waals surface area (Å²) in [5, 5.41) is 0. The fourth-order valence-electron chi connectivity index (χ4n) is 1.29. The molecule has 0 aliphatic carbocycles. The minimum atomic E-state index is -4.87. The number of hydrogen-bond acceptors (Lipinski definition) is 12. The lowest BCUT2D eigenvalue weighted by atomic mass is 10.2. The van der Waals surface area contributed by atoms with Crippen LogP contribution in [0.2, 0.25) is 0 Å². The first-order chi connectivity index (χ1) is 9.29. The molecule has 0 saturated heterocycles. The van der Waals surface area contributed by atoms with Gasteiger partial charge >= 0.3 is 27.1 Å². The summed E-state index contributed by atoms with van der Waals surface area (Å²) in [6.07, 6.45) is -0.664. The van der Waals surface area contributed by atoms with Crippen molar-refractivity contribution >= 4 is 27.1 Å². The van der Waals surface area contributed by atoms with Crippen LogP contribution in [0.15, 0.2) is 0 Å². The second kappa shape index (κ2) is 8.71. The van der Waals surface area contributed by atoms with Gasteiger partial charge in [0.05, 0.1) is 12.7 Å². The van der Waals surface area contributed by atoms with E-state index < -0.39 is 39.9 Å². The molecule has 0 aliphatic rings. The average Bonchev–Trinajstić information content (AvgIpc) is 2.20. The van der Waals surface area contributed by atoms with Crippen molar-refractivity contribution in [3.8, 4) is 0 Å². The fourth-order valence-corrected chi connectivity index (χ4v) is 2.75. The Balaban J connectivity index is 4.10. The van der Waals surface area contributed by atoms with Crippen LogP contribution in [-0.2, 0) is 13.3 Å². The third-order valence-electron chi connectivity index (χ3n) is 2.00. The molecule has 9 N–H and O–H groups in total. The lowest BCUT2D eigenvalue weighted by Gasteiger charge is -2.22. The summed E-state index contributed by atoms with van der Waals surface area (Å²) < 4.78 is 13.1. The molecule has 0 saturated carbocycles. The molecule has 0 radical (unpaired) electrons. The van der Waals surface area contributed by atoms with Gasteiger partial charge in [-0.15, -0.1) is 0 Å². The molecule has 21 heavy (non-hydrogen) atoms. The Morgan fingerprint density at radius 1 is 0.667 bits per heavy atom. The van der Waals surface area contributed by atoms with Crippen molar-refractivity contribution in [1.82, 2.24) is 0 Å². The lowest BCUT2D eigenvalue weighted by molar-refractivity contribution is -0.0274. The Morgan fingerprint density at radius 3 is 1.62 bits per heavy atom. The number of hydrogen-bond donors (Lipinski definition) is 9. The van der Waals surface area contributed by atoms with Crippen LogP contribution in [0.4, 0.5) is 0 Å². The second-order valence-electron chi connectivity index (χ2n) is 4.12. The monoisotopic (exact) mass is 368 g/mol. The molecule has 0 fully saturated rings. The fraction of sp³-hybridized carbons (Fsp3) is 1.00. The van der Waals surface area contributed by atoms with Crippen LogP contribution in [0.1, 0.15) is 19.3 Å². The van der Waals surface area contributed by atoms with E-state index >= 15 is 0 Å². The van der Waals surface area contributed by atoms with E-state index in [1.54, 1.807) is 0 Å². The third-order valence-corrected chi connectivity index (χ3v) is 3.80. The van der Waals surface area contributed by atoms with Crippen LogP contribution in [0.5, 0.6) is 0 Å². The van der Waals surface area contributed by atoms with E-state index in [4.69, 9.17) is 43.2 Å². The predicted octanol–water partition coefficient (Wildman–Crippen LogP) is -5.19. The van der Waals surface area contributed by atoms with Gasteiger partial charge in [0.1, 0.15) is 0 Å². The van der Waals surface area contributed by atoms with Gasteiger partial charge in [-0.2, -0.15) is 0 Å². The van der Waals surface area contributed by atoms with Crippen LogP contribution in [-0.4, -0.2) is 89.6 Å². The topological polar surface area (TPSA) is 210 Å². The van der Waals surface area contributed by atoms with Gasteiger partial charge in [-0.1, -0.05) is 0 Å². The molecule has 0 amide bonds. The van der Waals surface area contributed by atoms with Crippen molar-refractivity contribution in [2.45, 2.75) is 25.4 Å². The third kappa shape index (κ3) is 16.4. The van der Waals surface area contributed by atoms with E-state index in [9.17, 15) is 0 Å². The zero-order valence-electron chi connectivity index (χ0n) is 10.9. The Labute approximate surface area is 123 Å². The largest absolute Gasteiger partial charge is 0.671 e. The molecule has 0 aromatic heterocycles. The van der Waals surface area contributed by atoms with Gasteiger partial charge in [0.2, 0.25) is 0 Å². The van der Waals surface area contributed by atoms with E-state index in [0.29, 0.717) is 0 Å². The molecule has 1 unspecified atom stereocenters. The van der Waals surface area contributed by atoms with Crippen molar-refractivity contribution in [2.24, 2.45) is 0 Å². The first kappa shape index (κ1) is 21.2. The Kier molecular flexibility index (Phi) is 8.78. The highest BCUT2D eigenvalue weighted by Crippen LogP contribution is 2.10. The molecular weight excluding hydrogens is 348 g/mol. The zero-order chi connectivity index (χ0) is 16.7. The lowest BCUT2D eigenvalue weighted by Crippen LogP contribution is -2.47. The Morgan fingerprint density at radius 2 is 1.19 bits per heavy atom. The molecule has 0 spiro atoms. The SMILES string of the molecule is O[Si](O)(O)OCCCCC(CO[Si](O)(O)O)O[Si](O)(O)O. The van der Waals surface area contributed by atoms with Crippen LogP contribution in [0.3, 0.4) is 0 Å². The van der Waals surface area contributed by atoms with E-state index in [0.717, 1.165) is 0 Å². The zero-order valence-corrected chi connectivity index (χ0v) is 13.9. The highest BCUT2D eigenvalue weighted by molar-refractivity contribution is 6.49. The molecule has 15 heteroatoms. The summed E-state index contributed by atoms with van der Waals surface area (Å²) in [6, 6.07) is 0. The van der Waals surface area contributed by atoms with Crippen molar-refractivity contribution in [3.63, 3.8) is 0 Å². The van der Waals surface area contributed by atoms with Crippen LogP contribution in [0.25, 0.3) is 0 Å². The van der Waals surface area contributed by atoms with Gasteiger partial charge in [0.15, 0.2) is 0 Å². The first-order valence-electron chi connectivity index (χ1n) is 5.75. The molecule has 0 rings (SSSR count). The summed E-state index contributed by atoms with van der Waals surface area (Å²) in [5.74, 6) is 0. The van der Waals surface area contributed by atoms with Crippen molar-refractivity contribution in [1.29, 1.82) is 0 Å². The summed E-state index contributed by atoms with van der Waals surface area (Å²) in [5.41, 5.74) is 0. The minimum Gasteiger partial charge on any atom is -0.368 e. The molecular formula is C6H20O12Si3. The van der Waals surface area contributed by atoms with Crippen LogP contribution in [0, 0.1) is 0 Å². The highest BCUT2D eigenvalue weighted by atomic mass is 28.4. The van der Waals surface area contributed by atoms with Gasteiger partial charge in [0.25, 0.3) is 0 Å². The molecule has 0 bridgehead atoms. The van der Waals surface area contributed by atoms with E-state index in [2.05, 4.69) is 13.3 Å². The number of rotatable bonds is 11. The van der Waals surface area contributed by atoms with Gasteiger partial charge < -0.3 is 56.4 Å². The second-order valence-corrected chi connectivity index (χ2v) is 8.37. The van der Waals surface area contributed by atoms with Gasteiger partial charge in [-0.3, -0.25) is 0 Å². The van der Waals surface area contributed by atoms with Crippen molar-refractivity contribution in [3.05, 3.63) is 0 Å². The van der Waals surface area contributed by atoms with Crippen LogP contribution < -0.4 is 0 Å². The van der Waals surface area contributed by atoms with Gasteiger partial charge in [-0.25, -0.2) is 0 Å². The smallest absolute Gasteiger partial charge is 0.368 e. The summed E-state index contributed by atoms with van der Waals surface area (Å²) >= 11 is 0. The first-order valence-corrected chi connectivity index (χ1v) is 11.0. The summed E-state index contributed by atoms with van der Waals surface area (Å²) in [6.45, 7) is -0.812. The van der Waals surface area contributed by atoms with Crippen molar-refractivity contribution in [2.75, 3.05) is 13.2 Å². The maximum Gasteiger partial charge on any atom is 0.671 e. The Bertz CT molecular complexity index is 282. The molecule has 12 nitrogen and oxygen atoms in total. The number of unbranched alkanes of at least 4 members (excludes halogenated alkanes) is 1. The molecule has 0 aliphatic heterocycles. The maximum absolute atomic E-state index is 8.80. The van der Waals surface area contributed by atoms with E-state index in [1.165, 1.54) is 0 Å². The molecule has 0 heterocycles. The maximum atomic E-state index is 8.80. The quantitative estimate of drug-likeness (QED) is 0.124. The standard InChI is InChI=1S/C6H20O12Si3/c7-19(8,9)16-4-2-1-3-6(18-21(13,14)15)5-17-20(10,11)12/h6-15H,1-5H2. The van der Waals surface area contributed by atoms with E-state index in [-0.39, 0.29) is 25.9 Å². The normalized spacial score (nSPS) is 15.3. The summed E-state index contributed by atoms with van der Waals surface area (Å²) in [7, 11) is -14.2. The van der Waals surface area contributed by atoms with E-state index in [1.807, 2.05) is 0 Å².